The van der Waals surface area contributed by atoms with Gasteiger partial charge in [0.2, 0.25) is 0 Å². The van der Waals surface area contributed by atoms with Gasteiger partial charge in [-0.3, -0.25) is 9.59 Å². The Kier molecular flexibility index (Phi) is 3.29. The maximum atomic E-state index is 13.9. The van der Waals surface area contributed by atoms with E-state index in [1.165, 1.54) is 0 Å². The average molecular weight is 539 g/mol. The molecule has 0 saturated carbocycles. The van der Waals surface area contributed by atoms with Gasteiger partial charge >= 0.3 is 0 Å². The number of nitrogens with zero attached hydrogens (tertiary/aromatic N) is 6. The number of fused-ring (bicyclic) bond motifs is 10. The molecule has 0 aliphatic carbocycles. The third-order valence-electron chi connectivity index (χ3n) is 9.08. The lowest BCUT2D eigenvalue weighted by Crippen LogP contribution is -2.14. The van der Waals surface area contributed by atoms with Gasteiger partial charge < -0.3 is 0 Å². The minimum absolute atomic E-state index is 0.128. The lowest BCUT2D eigenvalue weighted by molar-refractivity contribution is 1.15. The molecule has 0 aliphatic rings. The summed E-state index contributed by atoms with van der Waals surface area (Å²) in [4.78, 5) is 46.5. The van der Waals surface area contributed by atoms with Crippen molar-refractivity contribution in [3.05, 3.63) is 106 Å². The summed E-state index contributed by atoms with van der Waals surface area (Å²) in [5, 5.41) is 11.1. The monoisotopic (exact) mass is 538 g/mol. The molecule has 5 aromatic carbocycles. The van der Waals surface area contributed by atoms with Crippen LogP contribution in [0.25, 0.3) is 98.3 Å². The van der Waals surface area contributed by atoms with Crippen molar-refractivity contribution in [2.24, 2.45) is 0 Å². The molecule has 8 nitrogen and oxygen atoms in total. The van der Waals surface area contributed by atoms with Crippen LogP contribution < -0.4 is 11.1 Å². The van der Waals surface area contributed by atoms with Gasteiger partial charge in [-0.25, -0.2) is 28.7 Å². The van der Waals surface area contributed by atoms with E-state index in [1.807, 2.05) is 48.5 Å². The number of pyridine rings is 4. The van der Waals surface area contributed by atoms with Crippen LogP contribution in [0.15, 0.2) is 94.8 Å². The molecule has 0 N–H and O–H groups in total. The number of hydrogen-bond acceptors (Lipinski definition) is 6. The smallest absolute Gasteiger partial charge is 0.265 e. The molecule has 0 radical (unpaired) electrons. The van der Waals surface area contributed by atoms with Crippen LogP contribution in [0.3, 0.4) is 0 Å². The summed E-state index contributed by atoms with van der Waals surface area (Å²) in [7, 11) is 0. The Balaban J connectivity index is 1.41. The first kappa shape index (κ1) is 20.8. The fraction of sp³-hybridized carbons (Fsp3) is 0. The molecule has 0 bridgehead atoms. The summed E-state index contributed by atoms with van der Waals surface area (Å²) < 4.78 is 3.26. The summed E-state index contributed by atoms with van der Waals surface area (Å²) in [5.41, 5.74) is 3.47. The molecule has 0 saturated heterocycles. The van der Waals surface area contributed by atoms with E-state index in [1.54, 1.807) is 21.2 Å². The summed E-state index contributed by atoms with van der Waals surface area (Å²) in [6.45, 7) is 0. The number of imidazole rings is 2. The maximum Gasteiger partial charge on any atom is 0.265 e. The zero-order valence-corrected chi connectivity index (χ0v) is 21.6. The highest BCUT2D eigenvalue weighted by Gasteiger charge is 2.24. The van der Waals surface area contributed by atoms with Gasteiger partial charge in [0, 0.05) is 44.7 Å². The van der Waals surface area contributed by atoms with Crippen molar-refractivity contribution < 1.29 is 0 Å². The van der Waals surface area contributed by atoms with E-state index in [2.05, 4.69) is 34.2 Å². The molecule has 6 heterocycles. The van der Waals surface area contributed by atoms with Gasteiger partial charge in [0.1, 0.15) is 22.3 Å². The molecule has 0 atom stereocenters. The van der Waals surface area contributed by atoms with Crippen molar-refractivity contribution in [3.8, 4) is 0 Å². The van der Waals surface area contributed by atoms with E-state index in [9.17, 15) is 9.59 Å². The quantitative estimate of drug-likeness (QED) is 0.173. The van der Waals surface area contributed by atoms with Gasteiger partial charge in [-0.05, 0) is 80.8 Å². The van der Waals surface area contributed by atoms with Crippen LogP contribution in [0.5, 0.6) is 0 Å². The van der Waals surface area contributed by atoms with E-state index >= 15 is 0 Å². The normalized spacial score (nSPS) is 13.0. The Labute approximate surface area is 232 Å². The molecule has 11 rings (SSSR count). The van der Waals surface area contributed by atoms with Gasteiger partial charge in [-0.2, -0.15) is 0 Å². The molecule has 0 fully saturated rings. The number of benzene rings is 5. The third kappa shape index (κ3) is 2.12. The first-order chi connectivity index (χ1) is 20.7. The first-order valence-corrected chi connectivity index (χ1v) is 13.7. The van der Waals surface area contributed by atoms with Crippen molar-refractivity contribution in [3.63, 3.8) is 0 Å². The first-order valence-electron chi connectivity index (χ1n) is 13.7. The lowest BCUT2D eigenvalue weighted by Gasteiger charge is -2.18. The standard InChI is InChI=1S/C34H14N6O2/c41-33-21-11-7-17-18-8-12-22-28-20(30-38-24-4-2-14-36-32(24)40(30)34(22)42)10-6-16(26(18)28)15-5-9-19(27(21)25(15)17)29-37-23-3-1-13-35-31(23)39(29)33/h1-14H. The molecule has 42 heavy (non-hydrogen) atoms. The van der Waals surface area contributed by atoms with Crippen molar-refractivity contribution in [2.75, 3.05) is 0 Å². The van der Waals surface area contributed by atoms with Crippen molar-refractivity contribution in [1.82, 2.24) is 28.7 Å². The van der Waals surface area contributed by atoms with Crippen LogP contribution in [0.2, 0.25) is 0 Å². The molecular formula is C34H14N6O2. The SMILES string of the molecule is O=c1c2ccc3c4ccc5c(=O)n6c7ncccc7nc6c6ccc(c7ccc(c2c37)c2nc3cccnc3n12)c4c56. The van der Waals surface area contributed by atoms with Crippen LogP contribution in [-0.2, 0) is 0 Å². The molecule has 0 unspecified atom stereocenters. The van der Waals surface area contributed by atoms with Crippen LogP contribution in [-0.4, -0.2) is 28.7 Å². The van der Waals surface area contributed by atoms with Crippen LogP contribution in [0, 0.1) is 0 Å². The molecule has 192 valence electrons. The number of rotatable bonds is 0. The summed E-state index contributed by atoms with van der Waals surface area (Å²) in [6.07, 6.45) is 3.37. The highest BCUT2D eigenvalue weighted by atomic mass is 16.1. The predicted octanol–water partition coefficient (Wildman–Crippen LogP) is 6.03. The Morgan fingerprint density at radius 2 is 0.762 bits per heavy atom. The molecule has 0 spiro atoms. The van der Waals surface area contributed by atoms with Gasteiger partial charge in [-0.1, -0.05) is 24.3 Å². The van der Waals surface area contributed by atoms with E-state index in [0.29, 0.717) is 44.4 Å². The maximum absolute atomic E-state index is 13.9. The largest absolute Gasteiger partial charge is 0.268 e. The highest BCUT2D eigenvalue weighted by Crippen LogP contribution is 2.45. The Bertz CT molecular complexity index is 2890. The van der Waals surface area contributed by atoms with Crippen molar-refractivity contribution in [1.29, 1.82) is 0 Å². The van der Waals surface area contributed by atoms with E-state index in [0.717, 1.165) is 53.9 Å². The van der Waals surface area contributed by atoms with Crippen molar-refractivity contribution >= 4 is 98.3 Å². The van der Waals surface area contributed by atoms with Gasteiger partial charge in [-0.15, -0.1) is 0 Å². The molecule has 8 heteroatoms. The predicted molar refractivity (Wildman–Crippen MR) is 166 cm³/mol. The van der Waals surface area contributed by atoms with E-state index < -0.39 is 0 Å². The Hall–Kier alpha value is -6.02. The minimum Gasteiger partial charge on any atom is -0.268 e. The lowest BCUT2D eigenvalue weighted by atomic mass is 9.86. The fourth-order valence-corrected chi connectivity index (χ4v) is 7.43. The molecule has 0 aliphatic heterocycles. The van der Waals surface area contributed by atoms with Crippen molar-refractivity contribution in [2.45, 2.75) is 0 Å². The van der Waals surface area contributed by atoms with E-state index in [-0.39, 0.29) is 11.1 Å². The van der Waals surface area contributed by atoms with Crippen LogP contribution in [0.1, 0.15) is 0 Å². The zero-order chi connectivity index (χ0) is 27.4. The Morgan fingerprint density at radius 3 is 1.19 bits per heavy atom. The number of aromatic nitrogens is 6. The van der Waals surface area contributed by atoms with Gasteiger partial charge in [0.15, 0.2) is 11.3 Å². The van der Waals surface area contributed by atoms with Gasteiger partial charge in [0.05, 0.1) is 0 Å². The second-order valence-electron chi connectivity index (χ2n) is 11.0. The van der Waals surface area contributed by atoms with E-state index in [4.69, 9.17) is 9.97 Å². The van der Waals surface area contributed by atoms with Gasteiger partial charge in [0.25, 0.3) is 11.1 Å². The molecule has 0 amide bonds. The Morgan fingerprint density at radius 1 is 0.405 bits per heavy atom. The summed E-state index contributed by atoms with van der Waals surface area (Å²) in [5.74, 6) is 0. The number of hydrogen-bond donors (Lipinski definition) is 0. The topological polar surface area (TPSA) is 94.5 Å². The minimum atomic E-state index is -0.128. The fourth-order valence-electron chi connectivity index (χ4n) is 7.43. The molecule has 11 aromatic rings. The molecule has 6 aromatic heterocycles. The second kappa shape index (κ2) is 6.64. The molecular weight excluding hydrogens is 524 g/mol. The van der Waals surface area contributed by atoms with Crippen LogP contribution in [0.4, 0.5) is 0 Å². The third-order valence-corrected chi connectivity index (χ3v) is 9.08. The summed E-state index contributed by atoms with van der Waals surface area (Å²) >= 11 is 0. The average Bonchev–Trinajstić information content (AvgIpc) is 3.61. The highest BCUT2D eigenvalue weighted by molar-refractivity contribution is 6.40. The second-order valence-corrected chi connectivity index (χ2v) is 11.0. The van der Waals surface area contributed by atoms with Crippen LogP contribution >= 0.6 is 0 Å². The summed E-state index contributed by atoms with van der Waals surface area (Å²) in [6, 6.07) is 23.7. The zero-order valence-electron chi connectivity index (χ0n) is 21.6.